The second kappa shape index (κ2) is 8.48. The van der Waals surface area contributed by atoms with Gasteiger partial charge in [0.05, 0.1) is 6.61 Å². The molecule has 1 aromatic rings. The monoisotopic (exact) mass is 362 g/mol. The van der Waals surface area contributed by atoms with Gasteiger partial charge in [-0.15, -0.1) is 0 Å². The molecular weight excluding hydrogens is 332 g/mol. The van der Waals surface area contributed by atoms with Crippen LogP contribution in [0.5, 0.6) is 0 Å². The molecule has 1 amide bonds. The van der Waals surface area contributed by atoms with Gasteiger partial charge in [0.15, 0.2) is 6.29 Å². The zero-order chi connectivity index (χ0) is 18.6. The number of nitrogens with one attached hydrogen (secondary N) is 1. The second-order valence-corrected chi connectivity index (χ2v) is 7.27. The van der Waals surface area contributed by atoms with E-state index >= 15 is 0 Å². The number of nitrogens with zero attached hydrogens (tertiary/aromatic N) is 1. The Balaban J connectivity index is 1.91. The molecule has 144 valence electrons. The van der Waals surface area contributed by atoms with E-state index in [0.717, 1.165) is 32.5 Å². The van der Waals surface area contributed by atoms with E-state index in [9.17, 15) is 4.79 Å². The van der Waals surface area contributed by atoms with Crippen molar-refractivity contribution in [2.45, 2.75) is 31.2 Å². The van der Waals surface area contributed by atoms with Crippen molar-refractivity contribution in [2.75, 3.05) is 41.0 Å². The van der Waals surface area contributed by atoms with Gasteiger partial charge >= 0.3 is 0 Å². The zero-order valence-electron chi connectivity index (χ0n) is 15.9. The molecule has 3 atom stereocenters. The molecule has 0 aromatic heterocycles. The van der Waals surface area contributed by atoms with Crippen molar-refractivity contribution >= 4 is 5.91 Å². The molecule has 0 spiro atoms. The van der Waals surface area contributed by atoms with E-state index in [0.29, 0.717) is 12.5 Å². The topological polar surface area (TPSA) is 60.0 Å². The van der Waals surface area contributed by atoms with Crippen molar-refractivity contribution in [1.29, 1.82) is 0 Å². The molecule has 0 aliphatic carbocycles. The highest BCUT2D eigenvalue weighted by atomic mass is 16.7. The number of amides is 1. The Morgan fingerprint density at radius 1 is 1.23 bits per heavy atom. The molecule has 2 aliphatic rings. The summed E-state index contributed by atoms with van der Waals surface area (Å²) < 4.78 is 16.4. The van der Waals surface area contributed by atoms with Crippen molar-refractivity contribution in [1.82, 2.24) is 10.2 Å². The number of carbonyl (C=O) groups excluding carboxylic acids is 1. The standard InChI is InChI=1S/C20H30N2O4/c1-24-14-20-17(9-10-21-19(20)23)16(11-18(25-2)26-3)13-22(20)12-15-7-5-4-6-8-15/h4-8,16-18H,9-14H2,1-3H3,(H,21,23)/t16-,17-,20+/m1/s1. The summed E-state index contributed by atoms with van der Waals surface area (Å²) in [5.74, 6) is 0.637. The maximum absolute atomic E-state index is 13.1. The first-order chi connectivity index (χ1) is 12.7. The number of likely N-dealkylation sites (tertiary alicyclic amines) is 1. The number of fused-ring (bicyclic) bond motifs is 1. The van der Waals surface area contributed by atoms with Crippen LogP contribution in [0.4, 0.5) is 0 Å². The second-order valence-electron chi connectivity index (χ2n) is 7.27. The van der Waals surface area contributed by atoms with Crippen LogP contribution in [0.3, 0.4) is 0 Å². The van der Waals surface area contributed by atoms with Crippen LogP contribution >= 0.6 is 0 Å². The van der Waals surface area contributed by atoms with Gasteiger partial charge in [-0.1, -0.05) is 30.3 Å². The predicted molar refractivity (Wildman–Crippen MR) is 98.5 cm³/mol. The van der Waals surface area contributed by atoms with E-state index in [1.807, 2.05) is 18.2 Å². The molecule has 0 radical (unpaired) electrons. The van der Waals surface area contributed by atoms with Crippen molar-refractivity contribution in [3.8, 4) is 0 Å². The molecule has 2 fully saturated rings. The normalized spacial score (nSPS) is 29.0. The van der Waals surface area contributed by atoms with E-state index < -0.39 is 5.54 Å². The molecule has 1 aromatic carbocycles. The van der Waals surface area contributed by atoms with Gasteiger partial charge in [-0.2, -0.15) is 0 Å². The van der Waals surface area contributed by atoms with Crippen LogP contribution in [0.15, 0.2) is 30.3 Å². The fourth-order valence-corrected chi connectivity index (χ4v) is 4.75. The number of benzene rings is 1. The molecule has 26 heavy (non-hydrogen) atoms. The summed E-state index contributed by atoms with van der Waals surface area (Å²) >= 11 is 0. The molecule has 0 saturated carbocycles. The highest BCUT2D eigenvalue weighted by Crippen LogP contribution is 2.46. The average molecular weight is 362 g/mol. The highest BCUT2D eigenvalue weighted by molar-refractivity contribution is 5.88. The van der Waals surface area contributed by atoms with Crippen LogP contribution < -0.4 is 5.32 Å². The van der Waals surface area contributed by atoms with Crippen molar-refractivity contribution in [2.24, 2.45) is 11.8 Å². The Kier molecular flexibility index (Phi) is 6.29. The van der Waals surface area contributed by atoms with Crippen LogP contribution in [0.1, 0.15) is 18.4 Å². The van der Waals surface area contributed by atoms with Gasteiger partial charge in [0.25, 0.3) is 0 Å². The fourth-order valence-electron chi connectivity index (χ4n) is 4.75. The van der Waals surface area contributed by atoms with Crippen molar-refractivity contribution in [3.63, 3.8) is 0 Å². The number of hydrogen-bond donors (Lipinski definition) is 1. The van der Waals surface area contributed by atoms with E-state index in [1.54, 1.807) is 21.3 Å². The summed E-state index contributed by atoms with van der Waals surface area (Å²) in [6, 6.07) is 10.3. The zero-order valence-corrected chi connectivity index (χ0v) is 15.9. The highest BCUT2D eigenvalue weighted by Gasteiger charge is 2.59. The van der Waals surface area contributed by atoms with Gasteiger partial charge in [0.1, 0.15) is 5.54 Å². The molecule has 3 rings (SSSR count). The lowest BCUT2D eigenvalue weighted by atomic mass is 9.74. The Morgan fingerprint density at radius 3 is 2.62 bits per heavy atom. The quantitative estimate of drug-likeness (QED) is 0.713. The van der Waals surface area contributed by atoms with E-state index in [4.69, 9.17) is 14.2 Å². The Bertz CT molecular complexity index is 593. The summed E-state index contributed by atoms with van der Waals surface area (Å²) in [6.07, 6.45) is 1.48. The van der Waals surface area contributed by atoms with Crippen molar-refractivity contribution in [3.05, 3.63) is 35.9 Å². The first kappa shape index (κ1) is 19.3. The third-order valence-corrected chi connectivity index (χ3v) is 5.94. The van der Waals surface area contributed by atoms with Gasteiger partial charge in [-0.3, -0.25) is 9.69 Å². The molecule has 1 N–H and O–H groups in total. The minimum atomic E-state index is -0.625. The van der Waals surface area contributed by atoms with E-state index in [2.05, 4.69) is 22.3 Å². The number of carbonyl (C=O) groups is 1. The lowest BCUT2D eigenvalue weighted by Crippen LogP contribution is -2.64. The molecule has 2 saturated heterocycles. The Hall–Kier alpha value is -1.47. The third kappa shape index (κ3) is 3.51. The first-order valence-electron chi connectivity index (χ1n) is 9.27. The number of methoxy groups -OCH3 is 3. The minimum absolute atomic E-state index is 0.0837. The number of piperidine rings is 1. The maximum atomic E-state index is 13.1. The van der Waals surface area contributed by atoms with Crippen LogP contribution in [-0.4, -0.2) is 63.7 Å². The molecule has 2 aliphatic heterocycles. The average Bonchev–Trinajstić information content (AvgIpc) is 2.95. The lowest BCUT2D eigenvalue weighted by Gasteiger charge is -2.44. The van der Waals surface area contributed by atoms with Crippen LogP contribution in [0.25, 0.3) is 0 Å². The van der Waals surface area contributed by atoms with E-state index in [1.165, 1.54) is 5.56 Å². The summed E-state index contributed by atoms with van der Waals surface area (Å²) in [6.45, 7) is 2.68. The smallest absolute Gasteiger partial charge is 0.243 e. The summed E-state index contributed by atoms with van der Waals surface area (Å²) in [5.41, 5.74) is 0.579. The van der Waals surface area contributed by atoms with Gasteiger partial charge in [-0.25, -0.2) is 0 Å². The minimum Gasteiger partial charge on any atom is -0.382 e. The van der Waals surface area contributed by atoms with Gasteiger partial charge in [0, 0.05) is 47.4 Å². The Morgan fingerprint density at radius 2 is 1.96 bits per heavy atom. The van der Waals surface area contributed by atoms with Crippen LogP contribution in [-0.2, 0) is 25.5 Å². The summed E-state index contributed by atoms with van der Waals surface area (Å²) in [5, 5.41) is 3.07. The largest absolute Gasteiger partial charge is 0.382 e. The Labute approximate surface area is 155 Å². The molecule has 2 heterocycles. The number of ether oxygens (including phenoxy) is 3. The van der Waals surface area contributed by atoms with E-state index in [-0.39, 0.29) is 18.1 Å². The molecule has 0 unspecified atom stereocenters. The summed E-state index contributed by atoms with van der Waals surface area (Å²) in [7, 11) is 5.01. The number of hydrogen-bond acceptors (Lipinski definition) is 5. The summed E-state index contributed by atoms with van der Waals surface area (Å²) in [4.78, 5) is 15.4. The predicted octanol–water partition coefficient (Wildman–Crippen LogP) is 1.65. The first-order valence-corrected chi connectivity index (χ1v) is 9.27. The SMILES string of the molecule is COC[C@@]12C(=O)NCC[C@@H]1[C@H](CC(OC)OC)CN2Cc1ccccc1. The molecule has 6 nitrogen and oxygen atoms in total. The maximum Gasteiger partial charge on any atom is 0.243 e. The molecular formula is C20H30N2O4. The molecule has 6 heteroatoms. The van der Waals surface area contributed by atoms with Crippen molar-refractivity contribution < 1.29 is 19.0 Å². The van der Waals surface area contributed by atoms with Gasteiger partial charge in [-0.05, 0) is 23.8 Å². The van der Waals surface area contributed by atoms with Crippen LogP contribution in [0.2, 0.25) is 0 Å². The fraction of sp³-hybridized carbons (Fsp3) is 0.650. The lowest BCUT2D eigenvalue weighted by molar-refractivity contribution is -0.143. The molecule has 0 bridgehead atoms. The third-order valence-electron chi connectivity index (χ3n) is 5.94. The number of rotatable bonds is 8. The van der Waals surface area contributed by atoms with Gasteiger partial charge in [0.2, 0.25) is 5.91 Å². The van der Waals surface area contributed by atoms with Gasteiger partial charge < -0.3 is 19.5 Å². The van der Waals surface area contributed by atoms with Crippen LogP contribution in [0, 0.1) is 11.8 Å².